The number of anilines is 1. The molecule has 0 bridgehead atoms. The second-order valence-corrected chi connectivity index (χ2v) is 6.86. The lowest BCUT2D eigenvalue weighted by Crippen LogP contribution is -2.15. The molecular formula is C16H21NO3S. The summed E-state index contributed by atoms with van der Waals surface area (Å²) in [4.78, 5) is 25.2. The molecule has 0 aliphatic heterocycles. The van der Waals surface area contributed by atoms with Gasteiger partial charge in [-0.15, -0.1) is 11.3 Å². The van der Waals surface area contributed by atoms with Crippen molar-refractivity contribution in [3.8, 4) is 0 Å². The molecule has 1 heterocycles. The Morgan fingerprint density at radius 3 is 2.71 bits per heavy atom. The van der Waals surface area contributed by atoms with E-state index in [2.05, 4.69) is 12.2 Å². The van der Waals surface area contributed by atoms with Gasteiger partial charge in [-0.25, -0.2) is 4.79 Å². The van der Waals surface area contributed by atoms with Gasteiger partial charge in [-0.2, -0.15) is 0 Å². The summed E-state index contributed by atoms with van der Waals surface area (Å²) >= 11 is 1.50. The maximum Gasteiger partial charge on any atom is 0.341 e. The summed E-state index contributed by atoms with van der Waals surface area (Å²) < 4.78 is 4.89. The Hall–Kier alpha value is -1.62. The molecule has 5 heteroatoms. The molecule has 0 unspecified atom stereocenters. The Morgan fingerprint density at radius 1 is 1.38 bits per heavy atom. The summed E-state index contributed by atoms with van der Waals surface area (Å²) in [6, 6.07) is 0. The van der Waals surface area contributed by atoms with Gasteiger partial charge in [0.1, 0.15) is 5.00 Å². The van der Waals surface area contributed by atoms with Crippen molar-refractivity contribution in [3.05, 3.63) is 27.7 Å². The number of methoxy groups -OCH3 is 1. The van der Waals surface area contributed by atoms with E-state index in [1.54, 1.807) is 0 Å². The lowest BCUT2D eigenvalue weighted by atomic mass is 9.88. The van der Waals surface area contributed by atoms with Gasteiger partial charge >= 0.3 is 5.97 Å². The Bertz CT molecular complexity index is 597. The summed E-state index contributed by atoms with van der Waals surface area (Å²) in [6.07, 6.45) is 4.43. The van der Waals surface area contributed by atoms with Crippen molar-refractivity contribution < 1.29 is 14.3 Å². The predicted octanol–water partition coefficient (Wildman–Crippen LogP) is 3.56. The molecule has 0 spiro atoms. The summed E-state index contributed by atoms with van der Waals surface area (Å²) in [5.41, 5.74) is 2.51. The van der Waals surface area contributed by atoms with Gasteiger partial charge < -0.3 is 10.1 Å². The fourth-order valence-corrected chi connectivity index (χ4v) is 3.97. The lowest BCUT2D eigenvalue weighted by Gasteiger charge is -2.18. The number of amides is 1. The molecule has 1 aromatic heterocycles. The average molecular weight is 307 g/mol. The van der Waals surface area contributed by atoms with Crippen molar-refractivity contribution in [1.29, 1.82) is 0 Å². The van der Waals surface area contributed by atoms with E-state index < -0.39 is 0 Å². The quantitative estimate of drug-likeness (QED) is 0.686. The molecule has 1 aliphatic rings. The monoisotopic (exact) mass is 307 g/mol. The Kier molecular flexibility index (Phi) is 4.83. The van der Waals surface area contributed by atoms with Crippen molar-refractivity contribution in [3.63, 3.8) is 0 Å². The third kappa shape index (κ3) is 3.53. The molecule has 0 aromatic carbocycles. The van der Waals surface area contributed by atoms with E-state index in [9.17, 15) is 9.59 Å². The first-order valence-electron chi connectivity index (χ1n) is 7.11. The number of allylic oxidation sites excluding steroid dienone is 1. The highest BCUT2D eigenvalue weighted by Gasteiger charge is 2.28. The van der Waals surface area contributed by atoms with Gasteiger partial charge in [0.05, 0.1) is 12.7 Å². The number of rotatable bonds is 3. The van der Waals surface area contributed by atoms with Gasteiger partial charge in [-0.1, -0.05) is 12.5 Å². The van der Waals surface area contributed by atoms with E-state index in [4.69, 9.17) is 4.74 Å². The fourth-order valence-electron chi connectivity index (χ4n) is 2.57. The normalized spacial score (nSPS) is 16.9. The number of nitrogens with one attached hydrogen (secondary N) is 1. The summed E-state index contributed by atoms with van der Waals surface area (Å²) in [5.74, 6) is 0.0457. The maximum atomic E-state index is 12.1. The molecule has 21 heavy (non-hydrogen) atoms. The second-order valence-electron chi connectivity index (χ2n) is 5.76. The highest BCUT2D eigenvalue weighted by atomic mass is 32.1. The molecule has 4 nitrogen and oxygen atoms in total. The van der Waals surface area contributed by atoms with Gasteiger partial charge in [0.25, 0.3) is 0 Å². The van der Waals surface area contributed by atoms with Gasteiger partial charge in [0.15, 0.2) is 0 Å². The molecule has 0 radical (unpaired) electrons. The third-order valence-corrected chi connectivity index (χ3v) is 4.73. The zero-order valence-corrected chi connectivity index (χ0v) is 13.7. The van der Waals surface area contributed by atoms with Crippen molar-refractivity contribution >= 4 is 28.2 Å². The van der Waals surface area contributed by atoms with E-state index in [-0.39, 0.29) is 11.9 Å². The number of esters is 1. The first-order chi connectivity index (χ1) is 9.92. The SMILES string of the molecule is COC(=O)c1c(NC(=O)C=C(C)C)sc2c1CC[C@@H](C)C2. The minimum atomic E-state index is -0.366. The molecule has 114 valence electrons. The predicted molar refractivity (Wildman–Crippen MR) is 84.9 cm³/mol. The van der Waals surface area contributed by atoms with Crippen LogP contribution in [-0.2, 0) is 22.4 Å². The van der Waals surface area contributed by atoms with Crippen molar-refractivity contribution in [2.75, 3.05) is 12.4 Å². The largest absolute Gasteiger partial charge is 0.465 e. The van der Waals surface area contributed by atoms with E-state index in [1.807, 2.05) is 13.8 Å². The van der Waals surface area contributed by atoms with E-state index in [0.29, 0.717) is 16.5 Å². The van der Waals surface area contributed by atoms with Crippen LogP contribution in [0.15, 0.2) is 11.6 Å². The van der Waals surface area contributed by atoms with Crippen LogP contribution in [0.5, 0.6) is 0 Å². The highest BCUT2D eigenvalue weighted by Crippen LogP contribution is 2.40. The van der Waals surface area contributed by atoms with Crippen molar-refractivity contribution in [2.24, 2.45) is 5.92 Å². The first kappa shape index (κ1) is 15.8. The van der Waals surface area contributed by atoms with Crippen LogP contribution in [0.2, 0.25) is 0 Å². The van der Waals surface area contributed by atoms with Gasteiger partial charge in [-0.05, 0) is 44.6 Å². The first-order valence-corrected chi connectivity index (χ1v) is 7.92. The third-order valence-electron chi connectivity index (χ3n) is 3.56. The summed E-state index contributed by atoms with van der Waals surface area (Å²) in [5, 5.41) is 3.45. The van der Waals surface area contributed by atoms with E-state index >= 15 is 0 Å². The van der Waals surface area contributed by atoms with Crippen LogP contribution < -0.4 is 5.32 Å². The van der Waals surface area contributed by atoms with Crippen LogP contribution in [0.4, 0.5) is 5.00 Å². The van der Waals surface area contributed by atoms with Gasteiger partial charge in [0.2, 0.25) is 5.91 Å². The molecule has 0 fully saturated rings. The molecule has 0 saturated heterocycles. The standard InChI is InChI=1S/C16H21NO3S/c1-9(2)7-13(18)17-15-14(16(19)20-4)11-6-5-10(3)8-12(11)21-15/h7,10H,5-6,8H2,1-4H3,(H,17,18)/t10-/m1/s1. The highest BCUT2D eigenvalue weighted by molar-refractivity contribution is 7.17. The van der Waals surface area contributed by atoms with Crippen LogP contribution >= 0.6 is 11.3 Å². The lowest BCUT2D eigenvalue weighted by molar-refractivity contribution is -0.111. The van der Waals surface area contributed by atoms with Gasteiger partial charge in [-0.3, -0.25) is 4.79 Å². The van der Waals surface area contributed by atoms with Crippen LogP contribution in [-0.4, -0.2) is 19.0 Å². The topological polar surface area (TPSA) is 55.4 Å². The minimum absolute atomic E-state index is 0.202. The van der Waals surface area contributed by atoms with Crippen LogP contribution in [0.25, 0.3) is 0 Å². The van der Waals surface area contributed by atoms with Gasteiger partial charge in [0, 0.05) is 11.0 Å². The molecule has 1 aromatic rings. The summed E-state index contributed by atoms with van der Waals surface area (Å²) in [6.45, 7) is 5.94. The Morgan fingerprint density at radius 2 is 2.10 bits per heavy atom. The molecule has 1 atom stereocenters. The minimum Gasteiger partial charge on any atom is -0.465 e. The van der Waals surface area contributed by atoms with Crippen LogP contribution in [0.3, 0.4) is 0 Å². The number of ether oxygens (including phenoxy) is 1. The number of hydrogen-bond acceptors (Lipinski definition) is 4. The number of carbonyl (C=O) groups excluding carboxylic acids is 2. The Balaban J connectivity index is 2.38. The number of carbonyl (C=O) groups is 2. The number of fused-ring (bicyclic) bond motifs is 1. The molecule has 0 saturated carbocycles. The molecule has 1 N–H and O–H groups in total. The number of thiophene rings is 1. The zero-order valence-electron chi connectivity index (χ0n) is 12.9. The van der Waals surface area contributed by atoms with Crippen LogP contribution in [0, 0.1) is 5.92 Å². The van der Waals surface area contributed by atoms with Crippen molar-refractivity contribution in [1.82, 2.24) is 0 Å². The summed E-state index contributed by atoms with van der Waals surface area (Å²) in [7, 11) is 1.37. The molecular weight excluding hydrogens is 286 g/mol. The van der Waals surface area contributed by atoms with E-state index in [1.165, 1.54) is 29.4 Å². The Labute approximate surface area is 129 Å². The second kappa shape index (κ2) is 6.43. The fraction of sp³-hybridized carbons (Fsp3) is 0.500. The zero-order chi connectivity index (χ0) is 15.6. The molecule has 2 rings (SSSR count). The van der Waals surface area contributed by atoms with E-state index in [0.717, 1.165) is 30.4 Å². The van der Waals surface area contributed by atoms with Crippen molar-refractivity contribution in [2.45, 2.75) is 40.0 Å². The molecule has 1 aliphatic carbocycles. The van der Waals surface area contributed by atoms with Crippen LogP contribution in [0.1, 0.15) is 48.0 Å². The number of hydrogen-bond donors (Lipinski definition) is 1. The average Bonchev–Trinajstić information content (AvgIpc) is 2.73. The maximum absolute atomic E-state index is 12.1. The molecule has 1 amide bonds. The smallest absolute Gasteiger partial charge is 0.341 e.